The molecule has 1 heteroatoms. The summed E-state index contributed by atoms with van der Waals surface area (Å²) in [6.07, 6.45) is 4.13. The maximum Gasteiger partial charge on any atom is 0.0541 e. The molecule has 0 saturated heterocycles. The fourth-order valence-electron chi connectivity index (χ4n) is 7.86. The van der Waals surface area contributed by atoms with Crippen molar-refractivity contribution < 1.29 is 0 Å². The summed E-state index contributed by atoms with van der Waals surface area (Å²) < 4.78 is 2.40. The Morgan fingerprint density at radius 2 is 0.960 bits per heavy atom. The maximum atomic E-state index is 4.35. The minimum atomic E-state index is 1.01. The van der Waals surface area contributed by atoms with Crippen LogP contribution in [0.3, 0.4) is 0 Å². The number of hydrogen-bond acceptors (Lipinski definition) is 0. The Balaban J connectivity index is 1.21. The predicted molar refractivity (Wildman–Crippen MR) is 216 cm³/mol. The zero-order chi connectivity index (χ0) is 33.6. The number of aromatic nitrogens is 1. The lowest BCUT2D eigenvalue weighted by Crippen LogP contribution is -1.95. The quantitative estimate of drug-likeness (QED) is 0.126. The molecule has 9 aromatic rings. The molecule has 1 nitrogen and oxygen atoms in total. The largest absolute Gasteiger partial charge is 0.309 e. The summed E-state index contributed by atoms with van der Waals surface area (Å²) in [7, 11) is 0. The smallest absolute Gasteiger partial charge is 0.0541 e. The van der Waals surface area contributed by atoms with Crippen LogP contribution in [0.25, 0.3) is 88.0 Å². The Kier molecular flexibility index (Phi) is 7.25. The van der Waals surface area contributed by atoms with Crippen LogP contribution in [0.1, 0.15) is 12.5 Å². The third-order valence-corrected chi connectivity index (χ3v) is 10.0. The van der Waals surface area contributed by atoms with Gasteiger partial charge in [0.2, 0.25) is 0 Å². The number of fused-ring (bicyclic) bond motifs is 5. The van der Waals surface area contributed by atoms with Crippen molar-refractivity contribution in [2.75, 3.05) is 0 Å². The van der Waals surface area contributed by atoms with Crippen molar-refractivity contribution >= 4 is 48.9 Å². The van der Waals surface area contributed by atoms with E-state index in [-0.39, 0.29) is 0 Å². The van der Waals surface area contributed by atoms with Gasteiger partial charge in [0, 0.05) is 16.5 Å². The molecule has 1 heterocycles. The summed E-state index contributed by atoms with van der Waals surface area (Å²) in [5.74, 6) is 0. The van der Waals surface area contributed by atoms with Gasteiger partial charge in [0.05, 0.1) is 11.0 Å². The Hall–Kier alpha value is -6.44. The number of allylic oxidation sites excluding steroid dienone is 3. The number of hydrogen-bond donors (Lipinski definition) is 0. The SMILES string of the molecule is C=C(C=CC)c1ccccc1-c1ccc2c(c1)c1ccccc1n2-c1ccc(-c2c3ccccc3c(-c3ccccc3)c3ccccc23)cc1. The molecule has 0 saturated carbocycles. The summed E-state index contributed by atoms with van der Waals surface area (Å²) in [6, 6.07) is 61.8. The van der Waals surface area contributed by atoms with Crippen LogP contribution >= 0.6 is 0 Å². The average molecular weight is 638 g/mol. The van der Waals surface area contributed by atoms with Gasteiger partial charge in [-0.2, -0.15) is 0 Å². The normalized spacial score (nSPS) is 11.7. The number of rotatable bonds is 6. The fraction of sp³-hybridized carbons (Fsp3) is 0.0204. The monoisotopic (exact) mass is 637 g/mol. The van der Waals surface area contributed by atoms with Gasteiger partial charge in [0.15, 0.2) is 0 Å². The van der Waals surface area contributed by atoms with E-state index in [1.807, 2.05) is 13.0 Å². The first-order chi connectivity index (χ1) is 24.7. The number of benzene rings is 8. The predicted octanol–water partition coefficient (Wildman–Crippen LogP) is 13.7. The van der Waals surface area contributed by atoms with Gasteiger partial charge in [-0.3, -0.25) is 0 Å². The van der Waals surface area contributed by atoms with E-state index < -0.39 is 0 Å². The van der Waals surface area contributed by atoms with Crippen LogP contribution in [-0.4, -0.2) is 4.57 Å². The molecule has 0 aliphatic heterocycles. The molecular weight excluding hydrogens is 603 g/mol. The van der Waals surface area contributed by atoms with E-state index in [1.165, 1.54) is 76.7 Å². The highest BCUT2D eigenvalue weighted by molar-refractivity contribution is 6.21. The first-order valence-corrected chi connectivity index (χ1v) is 17.3. The van der Waals surface area contributed by atoms with Crippen molar-refractivity contribution in [1.29, 1.82) is 0 Å². The molecule has 0 bridgehead atoms. The first-order valence-electron chi connectivity index (χ1n) is 17.3. The van der Waals surface area contributed by atoms with Gasteiger partial charge in [0.25, 0.3) is 0 Å². The molecule has 0 fully saturated rings. The maximum absolute atomic E-state index is 4.35. The van der Waals surface area contributed by atoms with Crippen LogP contribution in [0.15, 0.2) is 189 Å². The van der Waals surface area contributed by atoms with E-state index in [4.69, 9.17) is 0 Å². The third kappa shape index (κ3) is 4.78. The summed E-state index contributed by atoms with van der Waals surface area (Å²) in [5, 5.41) is 7.55. The lowest BCUT2D eigenvalue weighted by molar-refractivity contribution is 1.18. The van der Waals surface area contributed by atoms with Crippen molar-refractivity contribution in [3.8, 4) is 39.1 Å². The van der Waals surface area contributed by atoms with Gasteiger partial charge in [0.1, 0.15) is 0 Å². The Morgan fingerprint density at radius 1 is 0.460 bits per heavy atom. The third-order valence-electron chi connectivity index (χ3n) is 10.0. The van der Waals surface area contributed by atoms with E-state index >= 15 is 0 Å². The second-order valence-corrected chi connectivity index (χ2v) is 12.9. The minimum Gasteiger partial charge on any atom is -0.309 e. The zero-order valence-corrected chi connectivity index (χ0v) is 28.0. The van der Waals surface area contributed by atoms with Crippen molar-refractivity contribution in [2.45, 2.75) is 6.92 Å². The molecule has 0 spiro atoms. The lowest BCUT2D eigenvalue weighted by atomic mass is 9.86. The molecular formula is C49H35N. The molecule has 0 atom stereocenters. The molecule has 9 rings (SSSR count). The summed E-state index contributed by atoms with van der Waals surface area (Å²) >= 11 is 0. The molecule has 0 amide bonds. The molecule has 0 unspecified atom stereocenters. The molecule has 0 aliphatic rings. The van der Waals surface area contributed by atoms with Crippen LogP contribution in [0.5, 0.6) is 0 Å². The van der Waals surface area contributed by atoms with Crippen molar-refractivity contribution in [1.82, 2.24) is 4.57 Å². The summed E-state index contributed by atoms with van der Waals surface area (Å²) in [5.41, 5.74) is 13.1. The minimum absolute atomic E-state index is 1.01. The Bertz CT molecular complexity index is 2700. The van der Waals surface area contributed by atoms with E-state index in [1.54, 1.807) is 0 Å². The van der Waals surface area contributed by atoms with Gasteiger partial charge in [-0.1, -0.05) is 158 Å². The topological polar surface area (TPSA) is 4.93 Å². The number of nitrogens with zero attached hydrogens (tertiary/aromatic N) is 1. The van der Waals surface area contributed by atoms with Crippen LogP contribution in [0.2, 0.25) is 0 Å². The van der Waals surface area contributed by atoms with Gasteiger partial charge < -0.3 is 4.57 Å². The second-order valence-electron chi connectivity index (χ2n) is 12.9. The van der Waals surface area contributed by atoms with Gasteiger partial charge >= 0.3 is 0 Å². The van der Waals surface area contributed by atoms with E-state index in [9.17, 15) is 0 Å². The Morgan fingerprint density at radius 3 is 1.60 bits per heavy atom. The second kappa shape index (κ2) is 12.2. The van der Waals surface area contributed by atoms with Crippen LogP contribution in [-0.2, 0) is 0 Å². The van der Waals surface area contributed by atoms with Crippen molar-refractivity contribution in [2.24, 2.45) is 0 Å². The first kappa shape index (κ1) is 29.7. The van der Waals surface area contributed by atoms with E-state index in [0.29, 0.717) is 0 Å². The van der Waals surface area contributed by atoms with Gasteiger partial charge in [-0.05, 0) is 103 Å². The van der Waals surface area contributed by atoms with Crippen molar-refractivity contribution in [3.63, 3.8) is 0 Å². The van der Waals surface area contributed by atoms with E-state index in [0.717, 1.165) is 16.8 Å². The Labute approximate surface area is 292 Å². The fourth-order valence-corrected chi connectivity index (χ4v) is 7.86. The van der Waals surface area contributed by atoms with E-state index in [2.05, 4.69) is 187 Å². The molecule has 236 valence electrons. The summed E-state index contributed by atoms with van der Waals surface area (Å²) in [6.45, 7) is 6.38. The highest BCUT2D eigenvalue weighted by atomic mass is 15.0. The molecule has 1 aromatic heterocycles. The molecule has 0 aliphatic carbocycles. The molecule has 0 N–H and O–H groups in total. The average Bonchev–Trinajstić information content (AvgIpc) is 3.51. The van der Waals surface area contributed by atoms with Crippen LogP contribution < -0.4 is 0 Å². The standard InChI is InChI=1S/C49H35N/c1-3-15-33(2)38-18-7-8-19-39(38)36-28-31-47-45(32-36)40-20-13-14-25-46(40)50(47)37-29-26-35(27-30-37)49-43-23-11-9-21-41(43)48(34-16-5-4-6-17-34)42-22-10-12-24-44(42)49/h3-32H,2H2,1H3. The summed E-state index contributed by atoms with van der Waals surface area (Å²) in [4.78, 5) is 0. The van der Waals surface area contributed by atoms with Crippen LogP contribution in [0, 0.1) is 0 Å². The highest BCUT2D eigenvalue weighted by Crippen LogP contribution is 2.44. The lowest BCUT2D eigenvalue weighted by Gasteiger charge is -2.18. The highest BCUT2D eigenvalue weighted by Gasteiger charge is 2.18. The van der Waals surface area contributed by atoms with Gasteiger partial charge in [-0.15, -0.1) is 0 Å². The van der Waals surface area contributed by atoms with Crippen molar-refractivity contribution in [3.05, 3.63) is 194 Å². The van der Waals surface area contributed by atoms with Gasteiger partial charge in [-0.25, -0.2) is 0 Å². The van der Waals surface area contributed by atoms with Crippen LogP contribution in [0.4, 0.5) is 0 Å². The molecule has 50 heavy (non-hydrogen) atoms. The number of para-hydroxylation sites is 1. The zero-order valence-electron chi connectivity index (χ0n) is 28.0. The molecule has 8 aromatic carbocycles. The molecule has 0 radical (unpaired) electrons.